The summed E-state index contributed by atoms with van der Waals surface area (Å²) in [5.41, 5.74) is 7.05. The van der Waals surface area contributed by atoms with E-state index in [2.05, 4.69) is 25.0 Å². The van der Waals surface area contributed by atoms with Gasteiger partial charge in [0, 0.05) is 44.1 Å². The van der Waals surface area contributed by atoms with Crippen LogP contribution in [0.15, 0.2) is 34.3 Å². The predicted octanol–water partition coefficient (Wildman–Crippen LogP) is 3.82. The standard InChI is InChI=1S/C26H34F3N7O2/c1-14(2)24-33-26(38-34-24)35-6-4-16(5-7-35)13-37-23-10-31-25(32-15(23)3)36-11-18(22(30)12-36)17-8-20(28)21(29)9-19(17)27/h8-10,14,16,18,20-22H,4-7,11-13,30H2,1-3H3/t18-,20?,21?,22+/m1/s1. The van der Waals surface area contributed by atoms with Gasteiger partial charge in [0.1, 0.15) is 5.83 Å². The molecule has 1 aliphatic carbocycles. The molecule has 12 heteroatoms. The SMILES string of the molecule is Cc1nc(N2C[C@H](C3=CC(F)C(F)C=C3F)[C@@H](N)C2)ncc1OCC1CCN(c2nc(C(C)C)no2)CC1. The van der Waals surface area contributed by atoms with E-state index in [1.165, 1.54) is 0 Å². The number of aryl methyl sites for hydroxylation is 1. The van der Waals surface area contributed by atoms with E-state index in [0.29, 0.717) is 60.9 Å². The van der Waals surface area contributed by atoms with Gasteiger partial charge in [-0.25, -0.2) is 23.1 Å². The number of anilines is 2. The lowest BCUT2D eigenvalue weighted by molar-refractivity contribution is 0.217. The Bertz CT molecular complexity index is 1200. The number of ether oxygens (including phenoxy) is 1. The first kappa shape index (κ1) is 26.5. The maximum Gasteiger partial charge on any atom is 0.324 e. The second kappa shape index (κ2) is 10.9. The van der Waals surface area contributed by atoms with E-state index in [1.807, 2.05) is 25.7 Å². The minimum atomic E-state index is -1.97. The number of rotatable bonds is 7. The van der Waals surface area contributed by atoms with E-state index in [-0.39, 0.29) is 11.5 Å². The van der Waals surface area contributed by atoms with Crippen molar-refractivity contribution in [3.8, 4) is 5.75 Å². The van der Waals surface area contributed by atoms with Crippen molar-refractivity contribution in [1.82, 2.24) is 20.1 Å². The normalized spacial score (nSPS) is 26.6. The molecule has 0 aromatic carbocycles. The lowest BCUT2D eigenvalue weighted by atomic mass is 9.89. The molecule has 38 heavy (non-hydrogen) atoms. The van der Waals surface area contributed by atoms with E-state index in [4.69, 9.17) is 15.0 Å². The van der Waals surface area contributed by atoms with Gasteiger partial charge < -0.3 is 24.8 Å². The second-order valence-corrected chi connectivity index (χ2v) is 10.7. The molecular formula is C26H34F3N7O2. The lowest BCUT2D eigenvalue weighted by Crippen LogP contribution is -2.35. The van der Waals surface area contributed by atoms with E-state index in [9.17, 15) is 13.2 Å². The highest BCUT2D eigenvalue weighted by Crippen LogP contribution is 2.35. The van der Waals surface area contributed by atoms with Crippen molar-refractivity contribution in [2.24, 2.45) is 17.6 Å². The number of nitrogens with zero attached hydrogens (tertiary/aromatic N) is 6. The van der Waals surface area contributed by atoms with Crippen molar-refractivity contribution in [3.63, 3.8) is 0 Å². The topological polar surface area (TPSA) is 106 Å². The first-order valence-corrected chi connectivity index (χ1v) is 13.1. The van der Waals surface area contributed by atoms with Crippen molar-refractivity contribution >= 4 is 12.0 Å². The number of piperidine rings is 1. The highest BCUT2D eigenvalue weighted by molar-refractivity contribution is 5.43. The summed E-state index contributed by atoms with van der Waals surface area (Å²) in [5.74, 6) is 1.14. The van der Waals surface area contributed by atoms with E-state index in [1.54, 1.807) is 6.20 Å². The Balaban J connectivity index is 1.14. The van der Waals surface area contributed by atoms with Crippen LogP contribution < -0.4 is 20.3 Å². The highest BCUT2D eigenvalue weighted by atomic mass is 19.2. The third-order valence-corrected chi connectivity index (χ3v) is 7.50. The van der Waals surface area contributed by atoms with Gasteiger partial charge >= 0.3 is 6.01 Å². The van der Waals surface area contributed by atoms with Crippen molar-refractivity contribution in [2.75, 3.05) is 42.6 Å². The van der Waals surface area contributed by atoms with Gasteiger partial charge in [0.25, 0.3) is 0 Å². The fraction of sp³-hybridized carbons (Fsp3) is 0.615. The van der Waals surface area contributed by atoms with Crippen LogP contribution in [0.3, 0.4) is 0 Å². The molecule has 4 atom stereocenters. The van der Waals surface area contributed by atoms with Gasteiger partial charge in [-0.3, -0.25) is 0 Å². The van der Waals surface area contributed by atoms with Gasteiger partial charge in [-0.15, -0.1) is 0 Å². The monoisotopic (exact) mass is 533 g/mol. The van der Waals surface area contributed by atoms with Crippen LogP contribution in [0.25, 0.3) is 0 Å². The zero-order chi connectivity index (χ0) is 27.0. The third kappa shape index (κ3) is 5.50. The van der Waals surface area contributed by atoms with Crippen LogP contribution >= 0.6 is 0 Å². The smallest absolute Gasteiger partial charge is 0.324 e. The minimum absolute atomic E-state index is 0.114. The molecule has 2 saturated heterocycles. The minimum Gasteiger partial charge on any atom is -0.490 e. The molecule has 5 rings (SSSR count). The molecule has 3 aliphatic rings. The number of allylic oxidation sites excluding steroid dienone is 3. The number of alkyl halides is 2. The van der Waals surface area contributed by atoms with Crippen LogP contribution in [-0.4, -0.2) is 71.3 Å². The molecule has 0 amide bonds. The summed E-state index contributed by atoms with van der Waals surface area (Å²) in [6.45, 7) is 8.80. The fourth-order valence-corrected chi connectivity index (χ4v) is 5.12. The molecule has 206 valence electrons. The summed E-state index contributed by atoms with van der Waals surface area (Å²) >= 11 is 0. The molecule has 2 unspecified atom stereocenters. The molecule has 4 heterocycles. The molecule has 2 N–H and O–H groups in total. The molecule has 2 aromatic heterocycles. The molecule has 9 nitrogen and oxygen atoms in total. The summed E-state index contributed by atoms with van der Waals surface area (Å²) in [6.07, 6.45) is 1.36. The highest BCUT2D eigenvalue weighted by Gasteiger charge is 2.38. The lowest BCUT2D eigenvalue weighted by Gasteiger charge is -2.30. The number of halogens is 3. The van der Waals surface area contributed by atoms with E-state index >= 15 is 0 Å². The Hall–Kier alpha value is -3.15. The van der Waals surface area contributed by atoms with Gasteiger partial charge in [-0.2, -0.15) is 4.98 Å². The predicted molar refractivity (Wildman–Crippen MR) is 136 cm³/mol. The molecule has 0 bridgehead atoms. The average molecular weight is 534 g/mol. The Kier molecular flexibility index (Phi) is 7.60. The van der Waals surface area contributed by atoms with Gasteiger partial charge in [-0.05, 0) is 43.4 Å². The van der Waals surface area contributed by atoms with Crippen LogP contribution in [0.2, 0.25) is 0 Å². The van der Waals surface area contributed by atoms with Crippen LogP contribution in [0.5, 0.6) is 5.75 Å². The van der Waals surface area contributed by atoms with E-state index in [0.717, 1.165) is 32.0 Å². The molecule has 2 aliphatic heterocycles. The summed E-state index contributed by atoms with van der Waals surface area (Å²) in [4.78, 5) is 17.5. The van der Waals surface area contributed by atoms with Crippen LogP contribution in [0.1, 0.15) is 44.1 Å². The molecule has 2 aromatic rings. The molecule has 0 radical (unpaired) electrons. The van der Waals surface area contributed by atoms with Crippen LogP contribution in [-0.2, 0) is 0 Å². The third-order valence-electron chi connectivity index (χ3n) is 7.50. The molecular weight excluding hydrogens is 499 g/mol. The number of aromatic nitrogens is 4. The quantitative estimate of drug-likeness (QED) is 0.568. The zero-order valence-corrected chi connectivity index (χ0v) is 21.9. The summed E-state index contributed by atoms with van der Waals surface area (Å²) in [7, 11) is 0. The second-order valence-electron chi connectivity index (χ2n) is 10.7. The van der Waals surface area contributed by atoms with Crippen molar-refractivity contribution in [2.45, 2.75) is 57.9 Å². The van der Waals surface area contributed by atoms with Gasteiger partial charge in [-0.1, -0.05) is 19.0 Å². The summed E-state index contributed by atoms with van der Waals surface area (Å²) in [5, 5.41) is 4.04. The van der Waals surface area contributed by atoms with Crippen molar-refractivity contribution < 1.29 is 22.4 Å². The van der Waals surface area contributed by atoms with Crippen LogP contribution in [0, 0.1) is 18.8 Å². The maximum absolute atomic E-state index is 14.4. The average Bonchev–Trinajstić information content (AvgIpc) is 3.53. The van der Waals surface area contributed by atoms with Gasteiger partial charge in [0.15, 0.2) is 23.9 Å². The Labute approximate surface area is 219 Å². The summed E-state index contributed by atoms with van der Waals surface area (Å²) < 4.78 is 53.2. The fourth-order valence-electron chi connectivity index (χ4n) is 5.12. The Morgan fingerprint density at radius 1 is 1.11 bits per heavy atom. The largest absolute Gasteiger partial charge is 0.490 e. The Morgan fingerprint density at radius 3 is 2.53 bits per heavy atom. The first-order valence-electron chi connectivity index (χ1n) is 13.1. The first-order chi connectivity index (χ1) is 18.2. The maximum atomic E-state index is 14.4. The van der Waals surface area contributed by atoms with E-state index < -0.39 is 30.1 Å². The molecule has 0 spiro atoms. The van der Waals surface area contributed by atoms with Gasteiger partial charge in [0.2, 0.25) is 5.95 Å². The van der Waals surface area contributed by atoms with Gasteiger partial charge in [0.05, 0.1) is 18.5 Å². The number of hydrogen-bond acceptors (Lipinski definition) is 9. The number of nitrogens with two attached hydrogens (primary N) is 1. The van der Waals surface area contributed by atoms with Crippen molar-refractivity contribution in [1.29, 1.82) is 0 Å². The zero-order valence-electron chi connectivity index (χ0n) is 21.9. The molecule has 2 fully saturated rings. The van der Waals surface area contributed by atoms with Crippen LogP contribution in [0.4, 0.5) is 25.1 Å². The Morgan fingerprint density at radius 2 is 1.84 bits per heavy atom. The molecule has 0 saturated carbocycles. The van der Waals surface area contributed by atoms with Crippen molar-refractivity contribution in [3.05, 3.63) is 41.3 Å². The number of hydrogen-bond donors (Lipinski definition) is 1. The summed E-state index contributed by atoms with van der Waals surface area (Å²) in [6, 6.07) is 0.116.